The third-order valence-corrected chi connectivity index (χ3v) is 4.81. The smallest absolute Gasteiger partial charge is 0.343 e. The van der Waals surface area contributed by atoms with E-state index in [-0.39, 0.29) is 5.91 Å². The van der Waals surface area contributed by atoms with E-state index < -0.39 is 5.97 Å². The Balaban J connectivity index is 1.41. The topological polar surface area (TPSA) is 81.9 Å². The average Bonchev–Trinajstić information content (AvgIpc) is 3.39. The van der Waals surface area contributed by atoms with E-state index in [0.29, 0.717) is 28.2 Å². The second-order valence-corrected chi connectivity index (χ2v) is 7.00. The summed E-state index contributed by atoms with van der Waals surface area (Å²) < 4.78 is 12.4. The Labute approximate surface area is 190 Å². The predicted molar refractivity (Wildman–Crippen MR) is 125 cm³/mol. The molecule has 1 N–H and O–H groups in total. The number of carbonyl (C=O) groups is 2. The Hall–Kier alpha value is -4.65. The minimum Gasteiger partial charge on any atom is -0.497 e. The summed E-state index contributed by atoms with van der Waals surface area (Å²) in [5.74, 6) is 0.200. The molecule has 0 saturated carbocycles. The first-order chi connectivity index (χ1) is 16.1. The van der Waals surface area contributed by atoms with Crippen molar-refractivity contribution in [2.45, 2.75) is 0 Å². The molecule has 3 aromatic carbocycles. The summed E-state index contributed by atoms with van der Waals surface area (Å²) in [5.41, 5.74) is 4.86. The molecule has 1 heterocycles. The molecule has 0 saturated heterocycles. The zero-order valence-corrected chi connectivity index (χ0v) is 17.8. The SMILES string of the molecule is COc1ccc(C(=O)Oc2cccc(/C=N\NC(=O)c3ccccc3-n3cccc3)c2)cc1. The molecule has 0 unspecified atom stereocenters. The monoisotopic (exact) mass is 439 g/mol. The van der Waals surface area contributed by atoms with Crippen molar-refractivity contribution in [3.8, 4) is 17.2 Å². The number of amides is 1. The van der Waals surface area contributed by atoms with Gasteiger partial charge < -0.3 is 14.0 Å². The summed E-state index contributed by atoms with van der Waals surface area (Å²) in [6.45, 7) is 0. The molecule has 0 spiro atoms. The molecule has 0 radical (unpaired) electrons. The maximum absolute atomic E-state index is 12.6. The van der Waals surface area contributed by atoms with E-state index in [9.17, 15) is 9.59 Å². The molecule has 0 aliphatic carbocycles. The van der Waals surface area contributed by atoms with Crippen molar-refractivity contribution in [1.82, 2.24) is 9.99 Å². The molecule has 7 heteroatoms. The summed E-state index contributed by atoms with van der Waals surface area (Å²) in [6, 6.07) is 24.5. The van der Waals surface area contributed by atoms with E-state index in [1.807, 2.05) is 41.2 Å². The van der Waals surface area contributed by atoms with Crippen molar-refractivity contribution in [3.63, 3.8) is 0 Å². The van der Waals surface area contributed by atoms with Crippen LogP contribution < -0.4 is 14.9 Å². The van der Waals surface area contributed by atoms with Gasteiger partial charge >= 0.3 is 5.97 Å². The van der Waals surface area contributed by atoms with Gasteiger partial charge in [-0.05, 0) is 66.2 Å². The fourth-order valence-electron chi connectivity index (χ4n) is 3.16. The van der Waals surface area contributed by atoms with Crippen LogP contribution in [-0.2, 0) is 0 Å². The number of hydrogen-bond acceptors (Lipinski definition) is 5. The Morgan fingerprint density at radius 2 is 1.64 bits per heavy atom. The van der Waals surface area contributed by atoms with Crippen LogP contribution in [0.4, 0.5) is 0 Å². The molecule has 4 rings (SSSR count). The van der Waals surface area contributed by atoms with Gasteiger partial charge in [0.2, 0.25) is 0 Å². The van der Waals surface area contributed by atoms with Gasteiger partial charge in [-0.15, -0.1) is 0 Å². The van der Waals surface area contributed by atoms with Gasteiger partial charge in [-0.1, -0.05) is 24.3 Å². The van der Waals surface area contributed by atoms with Crippen LogP contribution >= 0.6 is 0 Å². The highest BCUT2D eigenvalue weighted by Crippen LogP contribution is 2.17. The van der Waals surface area contributed by atoms with Crippen molar-refractivity contribution in [3.05, 3.63) is 114 Å². The molecule has 33 heavy (non-hydrogen) atoms. The molecule has 0 aliphatic rings. The van der Waals surface area contributed by atoms with Gasteiger partial charge in [-0.3, -0.25) is 4.79 Å². The van der Waals surface area contributed by atoms with Crippen molar-refractivity contribution in [2.75, 3.05) is 7.11 Å². The van der Waals surface area contributed by atoms with Crippen LogP contribution in [0.2, 0.25) is 0 Å². The van der Waals surface area contributed by atoms with Crippen LogP contribution in [0.15, 0.2) is 102 Å². The first-order valence-corrected chi connectivity index (χ1v) is 10.2. The van der Waals surface area contributed by atoms with Crippen LogP contribution in [0.25, 0.3) is 5.69 Å². The van der Waals surface area contributed by atoms with Gasteiger partial charge in [-0.2, -0.15) is 5.10 Å². The van der Waals surface area contributed by atoms with Crippen LogP contribution in [-0.4, -0.2) is 29.8 Å². The number of aromatic nitrogens is 1. The summed E-state index contributed by atoms with van der Waals surface area (Å²) in [4.78, 5) is 25.0. The number of benzene rings is 3. The minimum absolute atomic E-state index is 0.336. The summed E-state index contributed by atoms with van der Waals surface area (Å²) in [5, 5.41) is 4.05. The second-order valence-electron chi connectivity index (χ2n) is 7.00. The molecule has 4 aromatic rings. The first kappa shape index (κ1) is 21.6. The van der Waals surface area contributed by atoms with Gasteiger partial charge in [0.15, 0.2) is 0 Å². The number of para-hydroxylation sites is 1. The highest BCUT2D eigenvalue weighted by atomic mass is 16.5. The van der Waals surface area contributed by atoms with Crippen LogP contribution in [0.1, 0.15) is 26.3 Å². The molecule has 1 amide bonds. The standard InChI is InChI=1S/C26H21N3O4/c1-32-21-13-11-20(12-14-21)26(31)33-22-8-6-7-19(17-22)18-27-28-25(30)23-9-2-3-10-24(23)29-15-4-5-16-29/h2-18H,1H3,(H,28,30)/b27-18-. The first-order valence-electron chi connectivity index (χ1n) is 10.2. The average molecular weight is 439 g/mol. The zero-order valence-electron chi connectivity index (χ0n) is 17.8. The number of carbonyl (C=O) groups excluding carboxylic acids is 2. The summed E-state index contributed by atoms with van der Waals surface area (Å²) in [6.07, 6.45) is 5.23. The van der Waals surface area contributed by atoms with Gasteiger partial charge in [0, 0.05) is 12.4 Å². The fourth-order valence-corrected chi connectivity index (χ4v) is 3.16. The summed E-state index contributed by atoms with van der Waals surface area (Å²) >= 11 is 0. The molecule has 164 valence electrons. The minimum atomic E-state index is -0.485. The molecule has 0 bridgehead atoms. The molecule has 0 fully saturated rings. The number of nitrogens with zero attached hydrogens (tertiary/aromatic N) is 2. The van der Waals surface area contributed by atoms with Gasteiger partial charge in [-0.25, -0.2) is 10.2 Å². The van der Waals surface area contributed by atoms with E-state index in [1.165, 1.54) is 6.21 Å². The van der Waals surface area contributed by atoms with Crippen LogP contribution in [0.5, 0.6) is 11.5 Å². The number of hydrogen-bond donors (Lipinski definition) is 1. The normalized spacial score (nSPS) is 10.7. The van der Waals surface area contributed by atoms with E-state index in [2.05, 4.69) is 10.5 Å². The molecular formula is C26H21N3O4. The lowest BCUT2D eigenvalue weighted by molar-refractivity contribution is 0.0734. The van der Waals surface area contributed by atoms with E-state index >= 15 is 0 Å². The third-order valence-electron chi connectivity index (χ3n) is 4.81. The van der Waals surface area contributed by atoms with Crippen molar-refractivity contribution in [1.29, 1.82) is 0 Å². The highest BCUT2D eigenvalue weighted by molar-refractivity contribution is 5.98. The van der Waals surface area contributed by atoms with E-state index in [0.717, 1.165) is 5.69 Å². The lowest BCUT2D eigenvalue weighted by Gasteiger charge is -2.09. The van der Waals surface area contributed by atoms with E-state index in [1.54, 1.807) is 67.8 Å². The zero-order chi connectivity index (χ0) is 23.0. The maximum Gasteiger partial charge on any atom is 0.343 e. The van der Waals surface area contributed by atoms with Gasteiger partial charge in [0.05, 0.1) is 30.1 Å². The number of hydrazone groups is 1. The molecular weight excluding hydrogens is 418 g/mol. The fraction of sp³-hybridized carbons (Fsp3) is 0.0385. The Morgan fingerprint density at radius 1 is 0.879 bits per heavy atom. The van der Waals surface area contributed by atoms with Crippen LogP contribution in [0.3, 0.4) is 0 Å². The molecule has 7 nitrogen and oxygen atoms in total. The Kier molecular flexibility index (Phi) is 6.61. The van der Waals surface area contributed by atoms with Crippen LogP contribution in [0, 0.1) is 0 Å². The molecule has 1 aromatic heterocycles. The lowest BCUT2D eigenvalue weighted by atomic mass is 10.1. The highest BCUT2D eigenvalue weighted by Gasteiger charge is 2.11. The van der Waals surface area contributed by atoms with Gasteiger partial charge in [0.1, 0.15) is 11.5 Å². The van der Waals surface area contributed by atoms with Crippen molar-refractivity contribution in [2.24, 2.45) is 5.10 Å². The Bertz CT molecular complexity index is 1280. The largest absolute Gasteiger partial charge is 0.497 e. The number of nitrogens with one attached hydrogen (secondary N) is 1. The third kappa shape index (κ3) is 5.34. The molecule has 0 aliphatic heterocycles. The number of esters is 1. The second kappa shape index (κ2) is 10.1. The van der Waals surface area contributed by atoms with Gasteiger partial charge in [0.25, 0.3) is 5.91 Å². The molecule has 0 atom stereocenters. The number of rotatable bonds is 7. The van der Waals surface area contributed by atoms with E-state index in [4.69, 9.17) is 9.47 Å². The number of ether oxygens (including phenoxy) is 2. The quantitative estimate of drug-likeness (QED) is 0.199. The maximum atomic E-state index is 12.6. The van der Waals surface area contributed by atoms with Crippen molar-refractivity contribution < 1.29 is 19.1 Å². The Morgan fingerprint density at radius 3 is 2.39 bits per heavy atom. The number of methoxy groups -OCH3 is 1. The predicted octanol–water partition coefficient (Wildman–Crippen LogP) is 4.47. The lowest BCUT2D eigenvalue weighted by Crippen LogP contribution is -2.19. The van der Waals surface area contributed by atoms with Crippen molar-refractivity contribution >= 4 is 18.1 Å². The summed E-state index contributed by atoms with van der Waals surface area (Å²) in [7, 11) is 1.56.